The van der Waals surface area contributed by atoms with Crippen LogP contribution in [0.3, 0.4) is 0 Å². The minimum Gasteiger partial charge on any atom is -0.444 e. The van der Waals surface area contributed by atoms with Gasteiger partial charge in [0.05, 0.1) is 12.9 Å². The fourth-order valence-electron chi connectivity index (χ4n) is 4.78. The van der Waals surface area contributed by atoms with E-state index in [4.69, 9.17) is 21.1 Å². The maximum Gasteiger partial charge on any atom is 0.407 e. The number of carbonyl (C=O) groups excluding carboxylic acids is 1. The van der Waals surface area contributed by atoms with Crippen molar-refractivity contribution in [2.24, 2.45) is 0 Å². The Labute approximate surface area is 219 Å². The number of halogens is 1. The van der Waals surface area contributed by atoms with Crippen LogP contribution in [0.4, 0.5) is 10.6 Å². The second kappa shape index (κ2) is 10.4. The van der Waals surface area contributed by atoms with Crippen LogP contribution in [0.5, 0.6) is 0 Å². The molecule has 3 aromatic rings. The lowest BCUT2D eigenvalue weighted by Crippen LogP contribution is -2.42. The van der Waals surface area contributed by atoms with Gasteiger partial charge < -0.3 is 20.1 Å². The zero-order chi connectivity index (χ0) is 26.2. The predicted molar refractivity (Wildman–Crippen MR) is 135 cm³/mol. The molecule has 0 spiro atoms. The molecular weight excluding hydrogens is 500 g/mol. The number of aryl methyl sites for hydroxylation is 1. The number of nitrogens with zero attached hydrogens (tertiary/aromatic N) is 8. The molecule has 1 aliphatic carbocycles. The highest BCUT2D eigenvalue weighted by Crippen LogP contribution is 2.38. The van der Waals surface area contributed by atoms with Gasteiger partial charge in [0.15, 0.2) is 17.0 Å². The number of imidazole rings is 1. The number of fused-ring (bicyclic) bond motifs is 1. The molecule has 5 rings (SSSR count). The average molecular weight is 533 g/mol. The number of hydrogen-bond acceptors (Lipinski definition) is 10. The van der Waals surface area contributed by atoms with Crippen LogP contribution in [-0.4, -0.2) is 63.5 Å². The van der Waals surface area contributed by atoms with Crippen molar-refractivity contribution in [3.8, 4) is 0 Å². The SMILES string of the molecule is CCn1nnc([C@H]2CC[C@H](n3cnc4c(NC5CCC(NC(=O)OC(C)(C)C)CC5)nc(Cl)nc43)O2)n1. The number of alkyl carbamates (subject to hydrolysis) is 1. The quantitative estimate of drug-likeness (QED) is 0.449. The molecule has 200 valence electrons. The Bertz CT molecular complexity index is 1250. The van der Waals surface area contributed by atoms with Crippen LogP contribution in [0.25, 0.3) is 11.2 Å². The molecule has 2 atom stereocenters. The van der Waals surface area contributed by atoms with Gasteiger partial charge in [-0.05, 0) is 83.0 Å². The van der Waals surface area contributed by atoms with Gasteiger partial charge in [0.2, 0.25) is 11.1 Å². The van der Waals surface area contributed by atoms with E-state index in [0.29, 0.717) is 29.4 Å². The van der Waals surface area contributed by atoms with Crippen LogP contribution in [0.15, 0.2) is 6.33 Å². The zero-order valence-electron chi connectivity index (χ0n) is 21.5. The number of hydrogen-bond donors (Lipinski definition) is 2. The average Bonchev–Trinajstić information content (AvgIpc) is 3.58. The molecule has 1 aliphatic heterocycles. The van der Waals surface area contributed by atoms with E-state index in [-0.39, 0.29) is 35.8 Å². The van der Waals surface area contributed by atoms with Gasteiger partial charge in [-0.3, -0.25) is 4.57 Å². The highest BCUT2D eigenvalue weighted by atomic mass is 35.5. The van der Waals surface area contributed by atoms with Crippen LogP contribution in [-0.2, 0) is 16.0 Å². The van der Waals surface area contributed by atoms with Gasteiger partial charge in [-0.25, -0.2) is 9.78 Å². The summed E-state index contributed by atoms with van der Waals surface area (Å²) in [6.45, 7) is 8.19. The van der Waals surface area contributed by atoms with Crippen LogP contribution in [0.1, 0.15) is 84.4 Å². The zero-order valence-corrected chi connectivity index (χ0v) is 22.3. The summed E-state index contributed by atoms with van der Waals surface area (Å²) < 4.78 is 13.5. The molecule has 2 N–H and O–H groups in total. The van der Waals surface area contributed by atoms with Crippen molar-refractivity contribution in [1.29, 1.82) is 0 Å². The van der Waals surface area contributed by atoms with E-state index in [1.807, 2.05) is 32.3 Å². The van der Waals surface area contributed by atoms with E-state index in [2.05, 4.69) is 41.0 Å². The molecule has 14 heteroatoms. The van der Waals surface area contributed by atoms with E-state index in [9.17, 15) is 4.79 Å². The third kappa shape index (κ3) is 5.93. The Balaban J connectivity index is 1.23. The van der Waals surface area contributed by atoms with E-state index in [1.54, 1.807) is 11.1 Å². The number of rotatable bonds is 6. The topological polar surface area (TPSA) is 147 Å². The van der Waals surface area contributed by atoms with E-state index < -0.39 is 5.60 Å². The fourth-order valence-corrected chi connectivity index (χ4v) is 4.95. The maximum absolute atomic E-state index is 12.1. The van der Waals surface area contributed by atoms with Crippen LogP contribution >= 0.6 is 11.6 Å². The lowest BCUT2D eigenvalue weighted by molar-refractivity contribution is -0.000979. The highest BCUT2D eigenvalue weighted by Gasteiger charge is 2.33. The van der Waals surface area contributed by atoms with Crippen molar-refractivity contribution in [2.45, 2.75) is 103 Å². The smallest absolute Gasteiger partial charge is 0.407 e. The Hall–Kier alpha value is -3.06. The summed E-state index contributed by atoms with van der Waals surface area (Å²) in [4.78, 5) is 27.1. The van der Waals surface area contributed by atoms with Gasteiger partial charge in [-0.15, -0.1) is 10.2 Å². The molecule has 0 bridgehead atoms. The summed E-state index contributed by atoms with van der Waals surface area (Å²) in [5.41, 5.74) is 0.736. The molecule has 0 radical (unpaired) electrons. The van der Waals surface area contributed by atoms with Gasteiger partial charge in [0.25, 0.3) is 0 Å². The first kappa shape index (κ1) is 25.6. The first-order chi connectivity index (χ1) is 17.7. The third-order valence-electron chi connectivity index (χ3n) is 6.53. The van der Waals surface area contributed by atoms with Crippen molar-refractivity contribution in [3.05, 3.63) is 17.4 Å². The molecular formula is C23H33ClN10O3. The van der Waals surface area contributed by atoms with Gasteiger partial charge >= 0.3 is 6.09 Å². The Morgan fingerprint density at radius 1 is 1.16 bits per heavy atom. The lowest BCUT2D eigenvalue weighted by Gasteiger charge is -2.30. The molecule has 1 saturated carbocycles. The summed E-state index contributed by atoms with van der Waals surface area (Å²) in [6, 6.07) is 0.261. The first-order valence-electron chi connectivity index (χ1n) is 12.8. The molecule has 0 aromatic carbocycles. The molecule has 0 unspecified atom stereocenters. The summed E-state index contributed by atoms with van der Waals surface area (Å²) in [6.07, 6.45) is 5.76. The van der Waals surface area contributed by atoms with Gasteiger partial charge in [0, 0.05) is 12.1 Å². The Morgan fingerprint density at radius 2 is 1.92 bits per heavy atom. The van der Waals surface area contributed by atoms with Crippen molar-refractivity contribution in [2.75, 3.05) is 5.32 Å². The second-order valence-electron chi connectivity index (χ2n) is 10.5. The molecule has 2 aliphatic rings. The standard InChI is InChI=1S/C23H33ClN10O3/c1-5-34-31-18(30-32-34)15-10-11-16(36-15)33-12-25-17-19(28-21(24)29-20(17)33)26-13-6-8-14(9-7-13)27-22(35)37-23(2,3)4/h12-16H,5-11H2,1-4H3,(H,27,35)(H,26,28,29)/t13?,14?,15-,16-/m1/s1. The fraction of sp³-hybridized carbons (Fsp3) is 0.696. The summed E-state index contributed by atoms with van der Waals surface area (Å²) in [5, 5.41) is 19.1. The van der Waals surface area contributed by atoms with Crippen LogP contribution in [0, 0.1) is 0 Å². The number of anilines is 1. The predicted octanol–water partition coefficient (Wildman–Crippen LogP) is 3.78. The van der Waals surface area contributed by atoms with E-state index in [1.165, 1.54) is 0 Å². The molecule has 2 fully saturated rings. The van der Waals surface area contributed by atoms with Crippen molar-refractivity contribution in [3.63, 3.8) is 0 Å². The number of carbonyl (C=O) groups is 1. The minimum absolute atomic E-state index is 0.0852. The van der Waals surface area contributed by atoms with Crippen molar-refractivity contribution < 1.29 is 14.3 Å². The number of tetrazole rings is 1. The van der Waals surface area contributed by atoms with E-state index in [0.717, 1.165) is 38.5 Å². The second-order valence-corrected chi connectivity index (χ2v) is 10.8. The number of nitrogens with one attached hydrogen (secondary N) is 2. The van der Waals surface area contributed by atoms with Gasteiger partial charge in [0.1, 0.15) is 17.9 Å². The molecule has 37 heavy (non-hydrogen) atoms. The first-order valence-corrected chi connectivity index (χ1v) is 13.2. The molecule has 1 saturated heterocycles. The molecule has 13 nitrogen and oxygen atoms in total. The largest absolute Gasteiger partial charge is 0.444 e. The molecule has 3 aromatic heterocycles. The highest BCUT2D eigenvalue weighted by molar-refractivity contribution is 6.28. The summed E-state index contributed by atoms with van der Waals surface area (Å²) in [5.74, 6) is 1.18. The van der Waals surface area contributed by atoms with Gasteiger partial charge in [-0.2, -0.15) is 14.8 Å². The lowest BCUT2D eigenvalue weighted by atomic mass is 9.91. The minimum atomic E-state index is -0.513. The normalized spacial score (nSPS) is 24.4. The maximum atomic E-state index is 12.1. The van der Waals surface area contributed by atoms with Crippen LogP contribution in [0.2, 0.25) is 5.28 Å². The Kier molecular flexibility index (Phi) is 7.17. The van der Waals surface area contributed by atoms with E-state index >= 15 is 0 Å². The summed E-state index contributed by atoms with van der Waals surface area (Å²) in [7, 11) is 0. The number of aromatic nitrogens is 8. The number of amides is 1. The van der Waals surface area contributed by atoms with Gasteiger partial charge in [-0.1, -0.05) is 0 Å². The monoisotopic (exact) mass is 532 g/mol. The van der Waals surface area contributed by atoms with Crippen molar-refractivity contribution in [1.82, 2.24) is 45.0 Å². The Morgan fingerprint density at radius 3 is 2.62 bits per heavy atom. The molecule has 4 heterocycles. The van der Waals surface area contributed by atoms with Crippen molar-refractivity contribution >= 4 is 34.7 Å². The van der Waals surface area contributed by atoms with Crippen LogP contribution < -0.4 is 10.6 Å². The number of ether oxygens (including phenoxy) is 2. The summed E-state index contributed by atoms with van der Waals surface area (Å²) >= 11 is 6.32. The molecule has 1 amide bonds. The third-order valence-corrected chi connectivity index (χ3v) is 6.70.